The van der Waals surface area contributed by atoms with Crippen LogP contribution in [0.3, 0.4) is 0 Å². The smallest absolute Gasteiger partial charge is 0.0727 e. The maximum atomic E-state index is 2.55. The normalized spacial score (nSPS) is 14.2. The van der Waals surface area contributed by atoms with Gasteiger partial charge >= 0.3 is 0 Å². The molecule has 1 heterocycles. The second-order valence-electron chi connectivity index (χ2n) is 18.0. The summed E-state index contributed by atoms with van der Waals surface area (Å²) in [5, 5.41) is 4.90. The van der Waals surface area contributed by atoms with E-state index in [0.29, 0.717) is 0 Å². The van der Waals surface area contributed by atoms with Gasteiger partial charge in [0.25, 0.3) is 0 Å². The molecule has 1 aromatic heterocycles. The number of anilines is 6. The van der Waals surface area contributed by atoms with Gasteiger partial charge in [-0.2, -0.15) is 0 Å². The molecule has 1 unspecified atom stereocenters. The van der Waals surface area contributed by atoms with Gasteiger partial charge in [0.05, 0.1) is 27.8 Å². The number of para-hydroxylation sites is 5. The third kappa shape index (κ3) is 5.41. The van der Waals surface area contributed by atoms with Crippen LogP contribution >= 0.6 is 0 Å². The Morgan fingerprint density at radius 1 is 0.279 bits per heavy atom. The van der Waals surface area contributed by atoms with E-state index in [4.69, 9.17) is 0 Å². The van der Waals surface area contributed by atoms with Crippen molar-refractivity contribution in [2.75, 3.05) is 9.80 Å². The predicted molar refractivity (Wildman–Crippen MR) is 284 cm³/mol. The highest BCUT2D eigenvalue weighted by Crippen LogP contribution is 2.66. The van der Waals surface area contributed by atoms with Crippen molar-refractivity contribution in [3.05, 3.63) is 283 Å². The number of hydrogen-bond donors (Lipinski definition) is 0. The maximum Gasteiger partial charge on any atom is 0.0727 e. The number of rotatable bonds is 7. The molecule has 14 rings (SSSR count). The zero-order chi connectivity index (χ0) is 44.8. The summed E-state index contributed by atoms with van der Waals surface area (Å²) in [6.45, 7) is 0. The highest BCUT2D eigenvalue weighted by Gasteiger charge is 2.53. The third-order valence-electron chi connectivity index (χ3n) is 14.5. The molecule has 0 N–H and O–H groups in total. The number of hydrogen-bond acceptors (Lipinski definition) is 2. The van der Waals surface area contributed by atoms with Crippen molar-refractivity contribution >= 4 is 66.7 Å². The molecule has 0 aliphatic heterocycles. The van der Waals surface area contributed by atoms with E-state index in [2.05, 4.69) is 275 Å². The minimum absolute atomic E-state index is 0.613. The largest absolute Gasteiger partial charge is 0.310 e. The minimum Gasteiger partial charge on any atom is -0.310 e. The molecule has 0 amide bonds. The first-order valence-corrected chi connectivity index (χ1v) is 23.5. The zero-order valence-corrected chi connectivity index (χ0v) is 37.2. The van der Waals surface area contributed by atoms with Gasteiger partial charge in [0.2, 0.25) is 0 Å². The molecule has 3 nitrogen and oxygen atoms in total. The van der Waals surface area contributed by atoms with Crippen molar-refractivity contribution in [1.82, 2.24) is 4.57 Å². The Balaban J connectivity index is 1.08. The van der Waals surface area contributed by atoms with Crippen LogP contribution in [0.25, 0.3) is 60.5 Å². The third-order valence-corrected chi connectivity index (χ3v) is 14.5. The van der Waals surface area contributed by atoms with Gasteiger partial charge in [-0.15, -0.1) is 0 Å². The lowest BCUT2D eigenvalue weighted by molar-refractivity contribution is 0.794. The van der Waals surface area contributed by atoms with Crippen LogP contribution in [0.4, 0.5) is 34.1 Å². The molecule has 0 saturated carbocycles. The average Bonchev–Trinajstić information content (AvgIpc) is 4.02. The van der Waals surface area contributed by atoms with E-state index in [-0.39, 0.29) is 0 Å². The molecule has 318 valence electrons. The topological polar surface area (TPSA) is 11.4 Å². The second-order valence-corrected chi connectivity index (χ2v) is 18.0. The minimum atomic E-state index is -0.613. The summed E-state index contributed by atoms with van der Waals surface area (Å²) >= 11 is 0. The van der Waals surface area contributed by atoms with E-state index >= 15 is 0 Å². The molecule has 0 saturated heterocycles. The summed E-state index contributed by atoms with van der Waals surface area (Å²) in [6, 6.07) is 96.1. The number of benzene rings is 11. The van der Waals surface area contributed by atoms with E-state index in [1.54, 1.807) is 0 Å². The van der Waals surface area contributed by atoms with Gasteiger partial charge in [0.1, 0.15) is 0 Å². The fraction of sp³-hybridized carbons (Fsp3) is 0.0154. The summed E-state index contributed by atoms with van der Waals surface area (Å²) < 4.78 is 2.42. The van der Waals surface area contributed by atoms with Crippen LogP contribution in [0.15, 0.2) is 261 Å². The molecular weight excluding hydrogens is 823 g/mol. The highest BCUT2D eigenvalue weighted by molar-refractivity contribution is 6.14. The summed E-state index contributed by atoms with van der Waals surface area (Å²) in [5.74, 6) is 0. The lowest BCUT2D eigenvalue weighted by Crippen LogP contribution is -2.26. The van der Waals surface area contributed by atoms with Gasteiger partial charge in [-0.05, 0) is 123 Å². The molecule has 0 radical (unpaired) electrons. The van der Waals surface area contributed by atoms with Crippen LogP contribution in [-0.2, 0) is 5.41 Å². The molecule has 11 aromatic carbocycles. The van der Waals surface area contributed by atoms with Gasteiger partial charge in [-0.1, -0.05) is 182 Å². The number of aromatic nitrogens is 1. The molecule has 68 heavy (non-hydrogen) atoms. The Morgan fingerprint density at radius 3 is 1.41 bits per heavy atom. The summed E-state index contributed by atoms with van der Waals surface area (Å²) in [6.07, 6.45) is 0. The molecule has 2 aliphatic carbocycles. The Hall–Kier alpha value is -8.92. The fourth-order valence-electron chi connectivity index (χ4n) is 11.9. The Bertz CT molecular complexity index is 3870. The maximum absolute atomic E-state index is 2.55. The zero-order valence-electron chi connectivity index (χ0n) is 37.2. The fourth-order valence-corrected chi connectivity index (χ4v) is 11.9. The summed E-state index contributed by atoms with van der Waals surface area (Å²) in [4.78, 5) is 4.93. The summed E-state index contributed by atoms with van der Waals surface area (Å²) in [5.41, 5.74) is 19.9. The van der Waals surface area contributed by atoms with E-state index in [1.807, 2.05) is 0 Å². The van der Waals surface area contributed by atoms with Crippen LogP contribution in [0.2, 0.25) is 0 Å². The van der Waals surface area contributed by atoms with Crippen LogP contribution in [-0.4, -0.2) is 4.57 Å². The first-order chi connectivity index (χ1) is 33.8. The molecular formula is C65H43N3. The quantitative estimate of drug-likeness (QED) is 0.158. The van der Waals surface area contributed by atoms with Crippen molar-refractivity contribution in [3.8, 4) is 27.9 Å². The Labute approximate surface area is 395 Å². The SMILES string of the molecule is c1ccc(N(c2ccccc2)c2cccc3c2-c2ccccc2C32c3ccccc3-c3c2cc(N(c2ccccc2)c2ccc4c5ccccc5n(-c5ccccc5)c4c2)c2ccccc32)cc1. The molecule has 12 aromatic rings. The average molecular weight is 866 g/mol. The van der Waals surface area contributed by atoms with Crippen LogP contribution in [0.5, 0.6) is 0 Å². The standard InChI is InChI=1S/C65H43N3/c1-5-22-44(23-6-1)66(45-24-7-2-8-25-45)60-39-21-37-57-64(60)54-34-16-19-36-56(54)65(57)55-35-18-15-33-53(55)63-52-32-14-13-31-50(52)62(43-58(63)65)67(46-26-9-3-10-27-46)48-40-41-51-49-30-17-20-38-59(49)68(61(51)42-48)47-28-11-4-12-29-47/h1-43H. The van der Waals surface area contributed by atoms with Crippen molar-refractivity contribution < 1.29 is 0 Å². The predicted octanol–water partition coefficient (Wildman–Crippen LogP) is 17.2. The van der Waals surface area contributed by atoms with E-state index in [9.17, 15) is 0 Å². The monoisotopic (exact) mass is 865 g/mol. The van der Waals surface area contributed by atoms with E-state index < -0.39 is 5.41 Å². The highest BCUT2D eigenvalue weighted by atomic mass is 15.2. The molecule has 0 fully saturated rings. The van der Waals surface area contributed by atoms with Gasteiger partial charge in [0.15, 0.2) is 0 Å². The lowest BCUT2D eigenvalue weighted by atomic mass is 9.70. The van der Waals surface area contributed by atoms with Gasteiger partial charge < -0.3 is 14.4 Å². The molecule has 2 aliphatic rings. The van der Waals surface area contributed by atoms with Crippen molar-refractivity contribution in [3.63, 3.8) is 0 Å². The number of fused-ring (bicyclic) bond motifs is 15. The van der Waals surface area contributed by atoms with Crippen molar-refractivity contribution in [2.24, 2.45) is 0 Å². The molecule has 1 atom stereocenters. The van der Waals surface area contributed by atoms with Crippen molar-refractivity contribution in [2.45, 2.75) is 5.41 Å². The van der Waals surface area contributed by atoms with Crippen LogP contribution < -0.4 is 9.80 Å². The first kappa shape index (κ1) is 38.4. The second kappa shape index (κ2) is 15.1. The molecule has 1 spiro atoms. The number of nitrogens with zero attached hydrogens (tertiary/aromatic N) is 3. The van der Waals surface area contributed by atoms with Gasteiger partial charge in [-0.25, -0.2) is 0 Å². The van der Waals surface area contributed by atoms with Crippen molar-refractivity contribution in [1.29, 1.82) is 0 Å². The Kier molecular flexibility index (Phi) is 8.50. The van der Waals surface area contributed by atoms with E-state index in [1.165, 1.54) is 71.6 Å². The first-order valence-electron chi connectivity index (χ1n) is 23.5. The summed E-state index contributed by atoms with van der Waals surface area (Å²) in [7, 11) is 0. The van der Waals surface area contributed by atoms with Crippen LogP contribution in [0.1, 0.15) is 22.3 Å². The lowest BCUT2D eigenvalue weighted by Gasteiger charge is -2.33. The van der Waals surface area contributed by atoms with Gasteiger partial charge in [0, 0.05) is 50.2 Å². The molecule has 3 heteroatoms. The molecule has 0 bridgehead atoms. The Morgan fingerprint density at radius 2 is 0.765 bits per heavy atom. The van der Waals surface area contributed by atoms with Crippen LogP contribution in [0, 0.1) is 0 Å². The van der Waals surface area contributed by atoms with Gasteiger partial charge in [-0.3, -0.25) is 0 Å². The van der Waals surface area contributed by atoms with E-state index in [0.717, 1.165) is 45.3 Å².